The first kappa shape index (κ1) is 21.7. The topological polar surface area (TPSA) is 46.1 Å². The van der Waals surface area contributed by atoms with Crippen LogP contribution in [0.1, 0.15) is 18.4 Å². The smallest absolute Gasteiger partial charge is 0.193 e. The van der Waals surface area contributed by atoms with E-state index in [0.29, 0.717) is 13.2 Å². The maximum Gasteiger partial charge on any atom is 0.193 e. The minimum Gasteiger partial charge on any atom is -0.377 e. The highest BCUT2D eigenvalue weighted by molar-refractivity contribution is 14.0. The van der Waals surface area contributed by atoms with Gasteiger partial charge in [0.1, 0.15) is 0 Å². The number of benzene rings is 1. The molecule has 1 fully saturated rings. The Morgan fingerprint density at radius 1 is 1.42 bits per heavy atom. The zero-order valence-corrected chi connectivity index (χ0v) is 18.2. The molecule has 24 heavy (non-hydrogen) atoms. The number of nitrogens with zero attached hydrogens (tertiary/aromatic N) is 2. The largest absolute Gasteiger partial charge is 0.377 e. The Kier molecular flexibility index (Phi) is 10.9. The summed E-state index contributed by atoms with van der Waals surface area (Å²) >= 11 is 3.45. The van der Waals surface area contributed by atoms with Crippen LogP contribution in [0.15, 0.2) is 33.7 Å². The number of hydrogen-bond donors (Lipinski definition) is 1. The molecule has 1 unspecified atom stereocenters. The highest BCUT2D eigenvalue weighted by atomic mass is 127. The molecular weight excluding hydrogens is 485 g/mol. The molecule has 1 saturated heterocycles. The van der Waals surface area contributed by atoms with Crippen LogP contribution in [-0.2, 0) is 16.0 Å². The predicted molar refractivity (Wildman–Crippen MR) is 112 cm³/mol. The minimum atomic E-state index is 0. The third-order valence-electron chi connectivity index (χ3n) is 3.76. The molecule has 0 bridgehead atoms. The Hall–Kier alpha value is -0.380. The molecule has 0 amide bonds. The maximum atomic E-state index is 5.66. The van der Waals surface area contributed by atoms with Crippen LogP contribution in [0.2, 0.25) is 0 Å². The third kappa shape index (κ3) is 7.67. The van der Waals surface area contributed by atoms with Crippen molar-refractivity contribution in [2.24, 2.45) is 4.99 Å². The Morgan fingerprint density at radius 2 is 2.17 bits per heavy atom. The first-order valence-electron chi connectivity index (χ1n) is 8.04. The van der Waals surface area contributed by atoms with Gasteiger partial charge in [-0.15, -0.1) is 24.0 Å². The van der Waals surface area contributed by atoms with Gasteiger partial charge in [0.2, 0.25) is 0 Å². The molecule has 1 atom stereocenters. The van der Waals surface area contributed by atoms with Crippen molar-refractivity contribution in [2.75, 3.05) is 40.5 Å². The Bertz CT molecular complexity index is 493. The normalized spacial score (nSPS) is 17.5. The summed E-state index contributed by atoms with van der Waals surface area (Å²) in [6, 6.07) is 8.33. The maximum absolute atomic E-state index is 5.66. The average molecular weight is 512 g/mol. The van der Waals surface area contributed by atoms with E-state index in [-0.39, 0.29) is 30.1 Å². The minimum absolute atomic E-state index is 0. The van der Waals surface area contributed by atoms with Gasteiger partial charge in [-0.1, -0.05) is 28.1 Å². The van der Waals surface area contributed by atoms with Crippen LogP contribution in [0, 0.1) is 0 Å². The van der Waals surface area contributed by atoms with E-state index in [1.54, 1.807) is 7.05 Å². The standard InChI is InChI=1S/C17H26BrN3O2.HI/c1-19-17(20-9-11-22-13-16-4-3-10-23-16)21(2)12-14-5-7-15(18)8-6-14;/h5-8,16H,3-4,9-13H2,1-2H3,(H,19,20);1H. The molecule has 1 aromatic rings. The van der Waals surface area contributed by atoms with Crippen LogP contribution in [0.5, 0.6) is 0 Å². The fourth-order valence-electron chi connectivity index (χ4n) is 2.55. The molecule has 0 saturated carbocycles. The Balaban J connectivity index is 0.00000288. The van der Waals surface area contributed by atoms with Crippen LogP contribution in [0.3, 0.4) is 0 Å². The lowest BCUT2D eigenvalue weighted by Crippen LogP contribution is -2.40. The second-order valence-electron chi connectivity index (χ2n) is 5.67. The van der Waals surface area contributed by atoms with Crippen LogP contribution in [0.4, 0.5) is 0 Å². The van der Waals surface area contributed by atoms with E-state index in [0.717, 1.165) is 43.0 Å². The van der Waals surface area contributed by atoms with Crippen LogP contribution in [0.25, 0.3) is 0 Å². The molecule has 1 N–H and O–H groups in total. The van der Waals surface area contributed by atoms with Crippen LogP contribution >= 0.6 is 39.9 Å². The molecular formula is C17H27BrIN3O2. The highest BCUT2D eigenvalue weighted by Gasteiger charge is 2.15. The van der Waals surface area contributed by atoms with Gasteiger partial charge < -0.3 is 19.7 Å². The van der Waals surface area contributed by atoms with Crippen LogP contribution < -0.4 is 5.32 Å². The van der Waals surface area contributed by atoms with Crippen molar-refractivity contribution in [3.8, 4) is 0 Å². The molecule has 1 aliphatic rings. The molecule has 0 radical (unpaired) electrons. The van der Waals surface area contributed by atoms with E-state index in [1.807, 2.05) is 7.05 Å². The predicted octanol–water partition coefficient (Wildman–Crippen LogP) is 3.27. The summed E-state index contributed by atoms with van der Waals surface area (Å²) in [7, 11) is 3.83. The number of rotatable bonds is 7. The molecule has 136 valence electrons. The van der Waals surface area contributed by atoms with Gasteiger partial charge in [0.25, 0.3) is 0 Å². The van der Waals surface area contributed by atoms with Gasteiger partial charge in [0, 0.05) is 38.3 Å². The summed E-state index contributed by atoms with van der Waals surface area (Å²) in [6.45, 7) is 3.77. The van der Waals surface area contributed by atoms with Crippen molar-refractivity contribution in [2.45, 2.75) is 25.5 Å². The van der Waals surface area contributed by atoms with Gasteiger partial charge in [0.05, 0.1) is 19.3 Å². The molecule has 1 heterocycles. The zero-order valence-electron chi connectivity index (χ0n) is 14.3. The summed E-state index contributed by atoms with van der Waals surface area (Å²) in [5, 5.41) is 3.33. The summed E-state index contributed by atoms with van der Waals surface area (Å²) in [5.41, 5.74) is 1.24. The van der Waals surface area contributed by atoms with Crippen molar-refractivity contribution >= 4 is 45.9 Å². The lowest BCUT2D eigenvalue weighted by molar-refractivity contribution is 0.0190. The fourth-order valence-corrected chi connectivity index (χ4v) is 2.81. The second-order valence-corrected chi connectivity index (χ2v) is 6.58. The SMILES string of the molecule is CN=C(NCCOCC1CCCO1)N(C)Cc1ccc(Br)cc1.I. The lowest BCUT2D eigenvalue weighted by Gasteiger charge is -2.22. The second kappa shape index (κ2) is 12.1. The van der Waals surface area contributed by atoms with Crippen molar-refractivity contribution in [3.05, 3.63) is 34.3 Å². The molecule has 0 spiro atoms. The first-order chi connectivity index (χ1) is 11.2. The monoisotopic (exact) mass is 511 g/mol. The van der Waals surface area contributed by atoms with Gasteiger partial charge >= 0.3 is 0 Å². The highest BCUT2D eigenvalue weighted by Crippen LogP contribution is 2.12. The van der Waals surface area contributed by atoms with Crippen LogP contribution in [-0.4, -0.2) is 57.4 Å². The number of ether oxygens (including phenoxy) is 2. The van der Waals surface area contributed by atoms with Crippen molar-refractivity contribution in [1.29, 1.82) is 0 Å². The third-order valence-corrected chi connectivity index (χ3v) is 4.29. The van der Waals surface area contributed by atoms with E-state index in [4.69, 9.17) is 9.47 Å². The van der Waals surface area contributed by atoms with E-state index >= 15 is 0 Å². The number of nitrogens with one attached hydrogen (secondary N) is 1. The summed E-state index contributed by atoms with van der Waals surface area (Å²) in [6.07, 6.45) is 2.56. The van der Waals surface area contributed by atoms with Crippen molar-refractivity contribution in [3.63, 3.8) is 0 Å². The number of halogens is 2. The van der Waals surface area contributed by atoms with Gasteiger partial charge in [-0.05, 0) is 30.5 Å². The fraction of sp³-hybridized carbons (Fsp3) is 0.588. The van der Waals surface area contributed by atoms with Gasteiger partial charge in [0.15, 0.2) is 5.96 Å². The van der Waals surface area contributed by atoms with Gasteiger partial charge in [-0.25, -0.2) is 0 Å². The van der Waals surface area contributed by atoms with E-state index in [2.05, 4.69) is 55.4 Å². The summed E-state index contributed by atoms with van der Waals surface area (Å²) in [5.74, 6) is 0.869. The van der Waals surface area contributed by atoms with Crippen molar-refractivity contribution in [1.82, 2.24) is 10.2 Å². The Morgan fingerprint density at radius 3 is 2.79 bits per heavy atom. The summed E-state index contributed by atoms with van der Waals surface area (Å²) < 4.78 is 12.3. The quantitative estimate of drug-likeness (QED) is 0.264. The van der Waals surface area contributed by atoms with E-state index < -0.39 is 0 Å². The van der Waals surface area contributed by atoms with E-state index in [1.165, 1.54) is 5.56 Å². The van der Waals surface area contributed by atoms with E-state index in [9.17, 15) is 0 Å². The van der Waals surface area contributed by atoms with Gasteiger partial charge in [-0.3, -0.25) is 4.99 Å². The molecule has 2 rings (SSSR count). The number of aliphatic imine (C=N–C) groups is 1. The molecule has 1 aromatic carbocycles. The number of guanidine groups is 1. The zero-order chi connectivity index (χ0) is 16.5. The van der Waals surface area contributed by atoms with Crippen molar-refractivity contribution < 1.29 is 9.47 Å². The first-order valence-corrected chi connectivity index (χ1v) is 8.84. The molecule has 7 heteroatoms. The molecule has 0 aromatic heterocycles. The Labute approximate surface area is 170 Å². The average Bonchev–Trinajstić information content (AvgIpc) is 3.06. The molecule has 5 nitrogen and oxygen atoms in total. The summed E-state index contributed by atoms with van der Waals surface area (Å²) in [4.78, 5) is 6.42. The molecule has 0 aliphatic carbocycles. The number of hydrogen-bond acceptors (Lipinski definition) is 3. The molecule has 1 aliphatic heterocycles. The lowest BCUT2D eigenvalue weighted by atomic mass is 10.2. The van der Waals surface area contributed by atoms with Gasteiger partial charge in [-0.2, -0.15) is 0 Å².